The Morgan fingerprint density at radius 3 is 2.38 bits per heavy atom. The van der Waals surface area contributed by atoms with Crippen LogP contribution in [-0.4, -0.2) is 40.8 Å². The number of aliphatic hydroxyl groups is 1. The van der Waals surface area contributed by atoms with Crippen LogP contribution in [-0.2, 0) is 9.59 Å². The first-order valence-corrected chi connectivity index (χ1v) is 5.33. The van der Waals surface area contributed by atoms with Gasteiger partial charge in [-0.1, -0.05) is 20.3 Å². The molecule has 0 fully saturated rings. The quantitative estimate of drug-likeness (QED) is 0.464. The third kappa shape index (κ3) is 4.59. The molecule has 1 amide bonds. The molecule has 0 spiro atoms. The normalized spacial score (nSPS) is 16.2. The summed E-state index contributed by atoms with van der Waals surface area (Å²) >= 11 is 0. The summed E-state index contributed by atoms with van der Waals surface area (Å²) in [6.07, 6.45) is 0.723. The van der Waals surface area contributed by atoms with Gasteiger partial charge in [0.15, 0.2) is 0 Å². The van der Waals surface area contributed by atoms with Gasteiger partial charge in [0.1, 0.15) is 6.04 Å². The Bertz CT molecular complexity index is 245. The van der Waals surface area contributed by atoms with E-state index in [0.29, 0.717) is 0 Å². The molecule has 0 aliphatic carbocycles. The molecule has 0 aromatic rings. The summed E-state index contributed by atoms with van der Waals surface area (Å²) in [6, 6.07) is -1.79. The van der Waals surface area contributed by atoms with E-state index >= 15 is 0 Å². The van der Waals surface area contributed by atoms with Crippen LogP contribution in [0.4, 0.5) is 0 Å². The van der Waals surface area contributed by atoms with Crippen LogP contribution in [0.25, 0.3) is 0 Å². The smallest absolute Gasteiger partial charge is 0.326 e. The van der Waals surface area contributed by atoms with E-state index in [9.17, 15) is 9.59 Å². The summed E-state index contributed by atoms with van der Waals surface area (Å²) in [7, 11) is 0. The van der Waals surface area contributed by atoms with Crippen LogP contribution in [0.2, 0.25) is 0 Å². The lowest BCUT2D eigenvalue weighted by Crippen LogP contribution is -2.50. The molecule has 0 saturated carbocycles. The summed E-state index contributed by atoms with van der Waals surface area (Å²) < 4.78 is 0. The van der Waals surface area contributed by atoms with Gasteiger partial charge in [0.05, 0.1) is 6.04 Å². The van der Waals surface area contributed by atoms with E-state index in [4.69, 9.17) is 15.9 Å². The third-order valence-electron chi connectivity index (χ3n) is 2.59. The van der Waals surface area contributed by atoms with Crippen LogP contribution in [0, 0.1) is 5.92 Å². The summed E-state index contributed by atoms with van der Waals surface area (Å²) in [5.74, 6) is -1.67. The number of carboxylic acids is 1. The van der Waals surface area contributed by atoms with Gasteiger partial charge in [-0.05, 0) is 5.92 Å². The highest BCUT2D eigenvalue weighted by Gasteiger charge is 2.25. The number of carbonyl (C=O) groups is 2. The van der Waals surface area contributed by atoms with Crippen molar-refractivity contribution >= 4 is 11.9 Å². The van der Waals surface area contributed by atoms with Crippen LogP contribution in [0.3, 0.4) is 0 Å². The monoisotopic (exact) mass is 232 g/mol. The van der Waals surface area contributed by atoms with Crippen molar-refractivity contribution < 1.29 is 19.8 Å². The summed E-state index contributed by atoms with van der Waals surface area (Å²) in [6.45, 7) is 3.43. The first-order valence-electron chi connectivity index (χ1n) is 5.33. The zero-order valence-electron chi connectivity index (χ0n) is 9.64. The third-order valence-corrected chi connectivity index (χ3v) is 2.59. The molecular weight excluding hydrogens is 212 g/mol. The average Bonchev–Trinajstić information content (AvgIpc) is 2.25. The molecule has 0 aromatic carbocycles. The molecule has 0 bridgehead atoms. The lowest BCUT2D eigenvalue weighted by molar-refractivity contribution is -0.142. The number of carbonyl (C=O) groups excluding carboxylic acids is 1. The highest BCUT2D eigenvalue weighted by molar-refractivity contribution is 5.86. The fourth-order valence-electron chi connectivity index (χ4n) is 1.17. The van der Waals surface area contributed by atoms with Crippen molar-refractivity contribution in [3.63, 3.8) is 0 Å². The predicted octanol–water partition coefficient (Wildman–Crippen LogP) is -0.688. The van der Waals surface area contributed by atoms with Gasteiger partial charge in [-0.2, -0.15) is 0 Å². The minimum atomic E-state index is -1.17. The van der Waals surface area contributed by atoms with E-state index < -0.39 is 24.0 Å². The maximum Gasteiger partial charge on any atom is 0.326 e. The molecule has 16 heavy (non-hydrogen) atoms. The molecule has 0 aliphatic heterocycles. The second-order valence-electron chi connectivity index (χ2n) is 3.82. The number of nitrogens with two attached hydrogens (primary N) is 1. The molecule has 94 valence electrons. The Kier molecular flexibility index (Phi) is 6.67. The van der Waals surface area contributed by atoms with Gasteiger partial charge in [0.25, 0.3) is 0 Å². The number of hydrogen-bond acceptors (Lipinski definition) is 4. The number of aliphatic hydroxyl groups excluding tert-OH is 1. The Hall–Kier alpha value is -1.14. The molecule has 5 N–H and O–H groups in total. The van der Waals surface area contributed by atoms with Gasteiger partial charge >= 0.3 is 5.97 Å². The van der Waals surface area contributed by atoms with Gasteiger partial charge in [-0.3, -0.25) is 4.79 Å². The second kappa shape index (κ2) is 7.19. The van der Waals surface area contributed by atoms with Crippen LogP contribution in [0.5, 0.6) is 0 Å². The number of rotatable bonds is 7. The van der Waals surface area contributed by atoms with Crippen molar-refractivity contribution in [2.24, 2.45) is 11.7 Å². The summed E-state index contributed by atoms with van der Waals surface area (Å²) in [4.78, 5) is 22.3. The van der Waals surface area contributed by atoms with E-state index in [1.807, 2.05) is 13.8 Å². The molecule has 0 saturated heterocycles. The van der Waals surface area contributed by atoms with Crippen molar-refractivity contribution in [1.82, 2.24) is 5.32 Å². The molecule has 6 nitrogen and oxygen atoms in total. The lowest BCUT2D eigenvalue weighted by atomic mass is 9.99. The molecule has 0 radical (unpaired) electrons. The molecule has 0 aliphatic rings. The number of aliphatic carboxylic acids is 1. The predicted molar refractivity (Wildman–Crippen MR) is 58.7 cm³/mol. The van der Waals surface area contributed by atoms with Gasteiger partial charge in [0, 0.05) is 13.0 Å². The topological polar surface area (TPSA) is 113 Å². The average molecular weight is 232 g/mol. The van der Waals surface area contributed by atoms with Crippen molar-refractivity contribution in [1.29, 1.82) is 0 Å². The zero-order valence-corrected chi connectivity index (χ0v) is 9.64. The molecule has 6 heteroatoms. The second-order valence-corrected chi connectivity index (χ2v) is 3.82. The van der Waals surface area contributed by atoms with E-state index in [-0.39, 0.29) is 18.9 Å². The van der Waals surface area contributed by atoms with Gasteiger partial charge in [0.2, 0.25) is 5.91 Å². The Morgan fingerprint density at radius 1 is 1.44 bits per heavy atom. The van der Waals surface area contributed by atoms with Crippen LogP contribution < -0.4 is 11.1 Å². The fourth-order valence-corrected chi connectivity index (χ4v) is 1.17. The molecule has 0 heterocycles. The molecule has 0 rings (SSSR count). The first kappa shape index (κ1) is 14.9. The van der Waals surface area contributed by atoms with Crippen molar-refractivity contribution in [2.45, 2.75) is 38.8 Å². The Morgan fingerprint density at radius 2 is 2.00 bits per heavy atom. The van der Waals surface area contributed by atoms with Crippen molar-refractivity contribution in [3.8, 4) is 0 Å². The molecule has 3 atom stereocenters. The van der Waals surface area contributed by atoms with Gasteiger partial charge in [-0.15, -0.1) is 0 Å². The Labute approximate surface area is 94.8 Å². The highest BCUT2D eigenvalue weighted by Crippen LogP contribution is 2.05. The SMILES string of the molecule is CC[C@H](C)[C@H](N)C(=O)N[C@H](CCO)C(=O)O. The van der Waals surface area contributed by atoms with E-state index in [1.54, 1.807) is 0 Å². The maximum absolute atomic E-state index is 11.6. The molecule has 0 aromatic heterocycles. The van der Waals surface area contributed by atoms with Crippen LogP contribution in [0.15, 0.2) is 0 Å². The number of hydrogen-bond donors (Lipinski definition) is 4. The standard InChI is InChI=1S/C10H20N2O4/c1-3-6(2)8(11)9(14)12-7(4-5-13)10(15)16/h6-8,13H,3-5,11H2,1-2H3,(H,12,14)(H,15,16)/t6-,7+,8-/m0/s1. The number of nitrogens with one attached hydrogen (secondary N) is 1. The minimum Gasteiger partial charge on any atom is -0.480 e. The number of amides is 1. The van der Waals surface area contributed by atoms with Gasteiger partial charge < -0.3 is 21.3 Å². The first-order chi connectivity index (χ1) is 7.43. The maximum atomic E-state index is 11.6. The van der Waals surface area contributed by atoms with E-state index in [2.05, 4.69) is 5.32 Å². The fraction of sp³-hybridized carbons (Fsp3) is 0.800. The van der Waals surface area contributed by atoms with Gasteiger partial charge in [-0.25, -0.2) is 4.79 Å². The summed E-state index contributed by atoms with van der Waals surface area (Å²) in [5.41, 5.74) is 5.65. The molecule has 0 unspecified atom stereocenters. The summed E-state index contributed by atoms with van der Waals surface area (Å²) in [5, 5.41) is 19.7. The van der Waals surface area contributed by atoms with E-state index in [1.165, 1.54) is 0 Å². The van der Waals surface area contributed by atoms with Crippen molar-refractivity contribution in [3.05, 3.63) is 0 Å². The zero-order chi connectivity index (χ0) is 12.7. The Balaban J connectivity index is 4.34. The highest BCUT2D eigenvalue weighted by atomic mass is 16.4. The largest absolute Gasteiger partial charge is 0.480 e. The lowest BCUT2D eigenvalue weighted by Gasteiger charge is -2.20. The minimum absolute atomic E-state index is 0.0106. The van der Waals surface area contributed by atoms with Crippen LogP contribution in [0.1, 0.15) is 26.7 Å². The van der Waals surface area contributed by atoms with Crippen molar-refractivity contribution in [2.75, 3.05) is 6.61 Å². The van der Waals surface area contributed by atoms with Crippen LogP contribution >= 0.6 is 0 Å². The van der Waals surface area contributed by atoms with E-state index in [0.717, 1.165) is 6.42 Å². The number of carboxylic acid groups (broad SMARTS) is 1. The molecular formula is C10H20N2O4.